The molecule has 1 fully saturated rings. The summed E-state index contributed by atoms with van der Waals surface area (Å²) in [5.74, 6) is 0.260. The van der Waals surface area contributed by atoms with Gasteiger partial charge in [0.05, 0.1) is 25.5 Å². The highest BCUT2D eigenvalue weighted by molar-refractivity contribution is 6.05. The molecule has 3 aromatic carbocycles. The van der Waals surface area contributed by atoms with Crippen molar-refractivity contribution >= 4 is 23.3 Å². The topological polar surface area (TPSA) is 71.1 Å². The number of hydrogen-bond acceptors (Lipinski definition) is 6. The molecule has 0 saturated carbocycles. The molecular weight excluding hydrogens is 442 g/mol. The first-order valence-electron chi connectivity index (χ1n) is 11.6. The molecule has 0 atom stereocenters. The molecule has 35 heavy (non-hydrogen) atoms. The Morgan fingerprint density at radius 1 is 0.857 bits per heavy atom. The number of nitrogens with zero attached hydrogens (tertiary/aromatic N) is 2. The summed E-state index contributed by atoms with van der Waals surface area (Å²) in [4.78, 5) is 29.3. The molecular formula is C28H31N3O4. The molecule has 0 radical (unpaired) electrons. The Kier molecular flexibility index (Phi) is 7.36. The van der Waals surface area contributed by atoms with Crippen LogP contribution in [0.3, 0.4) is 0 Å². The molecule has 1 aliphatic heterocycles. The fourth-order valence-electron chi connectivity index (χ4n) is 4.30. The average molecular weight is 474 g/mol. The number of hydrogen-bond donors (Lipinski definition) is 1. The van der Waals surface area contributed by atoms with Gasteiger partial charge in [-0.05, 0) is 73.1 Å². The number of ether oxygens (including phenoxy) is 2. The van der Waals surface area contributed by atoms with E-state index >= 15 is 0 Å². The summed E-state index contributed by atoms with van der Waals surface area (Å²) in [5.41, 5.74) is 5.71. The lowest BCUT2D eigenvalue weighted by molar-refractivity contribution is 0.0600. The molecule has 1 heterocycles. The third-order valence-corrected chi connectivity index (χ3v) is 6.39. The van der Waals surface area contributed by atoms with E-state index in [2.05, 4.69) is 22.2 Å². The Balaban J connectivity index is 1.49. The number of rotatable bonds is 6. The van der Waals surface area contributed by atoms with Gasteiger partial charge in [-0.3, -0.25) is 4.79 Å². The SMILES string of the molecule is COC(=O)c1ccc(-c2ccc(C(=O)Nc3ccc(OC)c(N4CCN(C)CC4)c3)cc2)c(C)c1. The standard InChI is InChI=1S/C28H31N3O4/c1-19-17-22(28(33)35-4)9-11-24(19)20-5-7-21(8-6-20)27(32)29-23-10-12-26(34-3)25(18-23)31-15-13-30(2)14-16-31/h5-12,17-18H,13-16H2,1-4H3,(H,29,32). The molecule has 0 spiro atoms. The summed E-state index contributed by atoms with van der Waals surface area (Å²) in [5, 5.41) is 3.01. The third kappa shape index (κ3) is 5.46. The first-order valence-corrected chi connectivity index (χ1v) is 11.6. The van der Waals surface area contributed by atoms with Gasteiger partial charge in [-0.15, -0.1) is 0 Å². The smallest absolute Gasteiger partial charge is 0.337 e. The minimum atomic E-state index is -0.360. The summed E-state index contributed by atoms with van der Waals surface area (Å²) in [7, 11) is 5.16. The molecule has 1 N–H and O–H groups in total. The van der Waals surface area contributed by atoms with Gasteiger partial charge in [-0.1, -0.05) is 18.2 Å². The Labute approximate surface area is 206 Å². The van der Waals surface area contributed by atoms with Crippen molar-refractivity contribution in [3.63, 3.8) is 0 Å². The van der Waals surface area contributed by atoms with Crippen LogP contribution < -0.4 is 15.0 Å². The van der Waals surface area contributed by atoms with Crippen molar-refractivity contribution in [1.82, 2.24) is 4.90 Å². The van der Waals surface area contributed by atoms with E-state index in [-0.39, 0.29) is 11.9 Å². The lowest BCUT2D eigenvalue weighted by Crippen LogP contribution is -2.44. The summed E-state index contributed by atoms with van der Waals surface area (Å²) in [6.07, 6.45) is 0. The van der Waals surface area contributed by atoms with E-state index in [1.54, 1.807) is 13.2 Å². The lowest BCUT2D eigenvalue weighted by Gasteiger charge is -2.34. The van der Waals surface area contributed by atoms with Crippen LogP contribution in [0.1, 0.15) is 26.3 Å². The van der Waals surface area contributed by atoms with Crippen LogP contribution in [-0.4, -0.2) is 64.2 Å². The monoisotopic (exact) mass is 473 g/mol. The van der Waals surface area contributed by atoms with Crippen LogP contribution in [0, 0.1) is 6.92 Å². The minimum absolute atomic E-state index is 0.177. The van der Waals surface area contributed by atoms with Crippen LogP contribution in [0.25, 0.3) is 11.1 Å². The molecule has 0 aliphatic carbocycles. The molecule has 0 bridgehead atoms. The summed E-state index contributed by atoms with van der Waals surface area (Å²) in [6.45, 7) is 5.73. The number of piperazine rings is 1. The van der Waals surface area contributed by atoms with Crippen molar-refractivity contribution in [2.24, 2.45) is 0 Å². The van der Waals surface area contributed by atoms with E-state index in [9.17, 15) is 9.59 Å². The largest absolute Gasteiger partial charge is 0.495 e. The Morgan fingerprint density at radius 3 is 2.17 bits per heavy atom. The average Bonchev–Trinajstić information content (AvgIpc) is 2.88. The molecule has 0 unspecified atom stereocenters. The zero-order valence-electron chi connectivity index (χ0n) is 20.6. The maximum atomic E-state index is 13.0. The van der Waals surface area contributed by atoms with E-state index in [0.717, 1.165) is 60.0 Å². The number of nitrogens with one attached hydrogen (secondary N) is 1. The molecule has 0 aromatic heterocycles. The maximum absolute atomic E-state index is 13.0. The van der Waals surface area contributed by atoms with E-state index in [1.165, 1.54) is 7.11 Å². The normalized spacial score (nSPS) is 13.9. The molecule has 7 heteroatoms. The number of esters is 1. The van der Waals surface area contributed by atoms with Crippen molar-refractivity contribution in [3.8, 4) is 16.9 Å². The van der Waals surface area contributed by atoms with Gasteiger partial charge in [0.2, 0.25) is 0 Å². The van der Waals surface area contributed by atoms with Crippen molar-refractivity contribution in [1.29, 1.82) is 0 Å². The highest BCUT2D eigenvalue weighted by atomic mass is 16.5. The Morgan fingerprint density at radius 2 is 1.54 bits per heavy atom. The first kappa shape index (κ1) is 24.3. The van der Waals surface area contributed by atoms with Gasteiger partial charge in [0.15, 0.2) is 0 Å². The number of anilines is 2. The van der Waals surface area contributed by atoms with Gasteiger partial charge in [0.25, 0.3) is 5.91 Å². The van der Waals surface area contributed by atoms with Crippen LogP contribution >= 0.6 is 0 Å². The first-order chi connectivity index (χ1) is 16.9. The summed E-state index contributed by atoms with van der Waals surface area (Å²) < 4.78 is 10.4. The van der Waals surface area contributed by atoms with Crippen LogP contribution in [0.5, 0.6) is 5.75 Å². The van der Waals surface area contributed by atoms with Crippen LogP contribution in [0.4, 0.5) is 11.4 Å². The second-order valence-corrected chi connectivity index (χ2v) is 8.73. The number of carbonyl (C=O) groups excluding carboxylic acids is 2. The van der Waals surface area contributed by atoms with Crippen LogP contribution in [0.15, 0.2) is 60.7 Å². The summed E-state index contributed by atoms with van der Waals surface area (Å²) in [6, 6.07) is 18.6. The van der Waals surface area contributed by atoms with Gasteiger partial charge in [0.1, 0.15) is 5.75 Å². The third-order valence-electron chi connectivity index (χ3n) is 6.39. The lowest BCUT2D eigenvalue weighted by atomic mass is 9.97. The van der Waals surface area contributed by atoms with Crippen molar-refractivity contribution < 1.29 is 19.1 Å². The Hall–Kier alpha value is -3.84. The van der Waals surface area contributed by atoms with E-state index in [0.29, 0.717) is 11.1 Å². The molecule has 182 valence electrons. The second-order valence-electron chi connectivity index (χ2n) is 8.73. The van der Waals surface area contributed by atoms with E-state index < -0.39 is 0 Å². The molecule has 1 saturated heterocycles. The van der Waals surface area contributed by atoms with Crippen LogP contribution in [-0.2, 0) is 4.74 Å². The fraction of sp³-hybridized carbons (Fsp3) is 0.286. The van der Waals surface area contributed by atoms with Gasteiger partial charge >= 0.3 is 5.97 Å². The molecule has 3 aromatic rings. The van der Waals surface area contributed by atoms with Crippen molar-refractivity contribution in [2.75, 3.05) is 57.7 Å². The predicted octanol–water partition coefficient (Wildman–Crippen LogP) is 4.46. The number of amides is 1. The highest BCUT2D eigenvalue weighted by Gasteiger charge is 2.19. The number of aryl methyl sites for hydroxylation is 1. The highest BCUT2D eigenvalue weighted by Crippen LogP contribution is 2.32. The van der Waals surface area contributed by atoms with Gasteiger partial charge < -0.3 is 24.6 Å². The fourth-order valence-corrected chi connectivity index (χ4v) is 4.30. The quantitative estimate of drug-likeness (QED) is 0.533. The number of methoxy groups -OCH3 is 2. The van der Waals surface area contributed by atoms with Gasteiger partial charge in [-0.25, -0.2) is 4.79 Å². The second kappa shape index (κ2) is 10.6. The molecule has 1 amide bonds. The van der Waals surface area contributed by atoms with Crippen LogP contribution in [0.2, 0.25) is 0 Å². The van der Waals surface area contributed by atoms with E-state index in [1.807, 2.05) is 61.5 Å². The zero-order chi connectivity index (χ0) is 24.9. The maximum Gasteiger partial charge on any atom is 0.337 e. The predicted molar refractivity (Wildman–Crippen MR) is 139 cm³/mol. The van der Waals surface area contributed by atoms with Gasteiger partial charge in [0, 0.05) is 37.4 Å². The molecule has 7 nitrogen and oxygen atoms in total. The summed E-state index contributed by atoms with van der Waals surface area (Å²) >= 11 is 0. The Bertz CT molecular complexity index is 1220. The van der Waals surface area contributed by atoms with Crippen molar-refractivity contribution in [3.05, 3.63) is 77.4 Å². The van der Waals surface area contributed by atoms with Gasteiger partial charge in [-0.2, -0.15) is 0 Å². The number of benzene rings is 3. The zero-order valence-corrected chi connectivity index (χ0v) is 20.6. The number of carbonyl (C=O) groups is 2. The number of likely N-dealkylation sites (N-methyl/N-ethyl adjacent to an activating group) is 1. The minimum Gasteiger partial charge on any atom is -0.495 e. The van der Waals surface area contributed by atoms with Crippen molar-refractivity contribution in [2.45, 2.75) is 6.92 Å². The molecule has 4 rings (SSSR count). The van der Waals surface area contributed by atoms with E-state index in [4.69, 9.17) is 9.47 Å². The molecule has 1 aliphatic rings.